The van der Waals surface area contributed by atoms with Crippen LogP contribution in [0.4, 0.5) is 26.2 Å². The molecule has 0 unspecified atom stereocenters. The molecular weight excluding hydrogens is 632 g/mol. The highest BCUT2D eigenvalue weighted by Gasteiger charge is 2.42. The second-order valence-corrected chi connectivity index (χ2v) is 11.7. The minimum Gasteiger partial charge on any atom is -0.493 e. The summed E-state index contributed by atoms with van der Waals surface area (Å²) in [5.74, 6) is 0.235. The second-order valence-electron chi connectivity index (χ2n) is 10.9. The van der Waals surface area contributed by atoms with E-state index >= 15 is 0 Å². The summed E-state index contributed by atoms with van der Waals surface area (Å²) < 4.78 is 31.2. The van der Waals surface area contributed by atoms with Crippen LogP contribution in [-0.4, -0.2) is 33.1 Å². The number of benzene rings is 4. The van der Waals surface area contributed by atoms with Gasteiger partial charge >= 0.3 is 6.03 Å². The van der Waals surface area contributed by atoms with Gasteiger partial charge in [-0.2, -0.15) is 0 Å². The molecule has 2 amide bonds. The van der Waals surface area contributed by atoms with Crippen LogP contribution in [0.1, 0.15) is 35.9 Å². The molecule has 0 spiro atoms. The van der Waals surface area contributed by atoms with Crippen LogP contribution in [0, 0.1) is 5.82 Å². The Morgan fingerprint density at radius 3 is 2.28 bits per heavy atom. The molecule has 6 rings (SSSR count). The topological polar surface area (TPSA) is 89.1 Å². The lowest BCUT2D eigenvalue weighted by atomic mass is 9.78. The lowest BCUT2D eigenvalue weighted by Crippen LogP contribution is -2.41. The van der Waals surface area contributed by atoms with Crippen molar-refractivity contribution in [2.45, 2.75) is 24.8 Å². The molecule has 2 atom stereocenters. The maximum Gasteiger partial charge on any atom is 0.327 e. The first-order valence-corrected chi connectivity index (χ1v) is 15.2. The first-order valence-electron chi connectivity index (χ1n) is 14.4. The van der Waals surface area contributed by atoms with Gasteiger partial charge in [0.25, 0.3) is 0 Å². The third-order valence-electron chi connectivity index (χ3n) is 8.20. The number of amides is 2. The van der Waals surface area contributed by atoms with Crippen LogP contribution >= 0.6 is 23.2 Å². The number of hydrogen-bond acceptors (Lipinski definition) is 6. The summed E-state index contributed by atoms with van der Waals surface area (Å²) in [4.78, 5) is 30.3. The van der Waals surface area contributed by atoms with Crippen molar-refractivity contribution in [2.24, 2.45) is 0 Å². The number of halogens is 3. The van der Waals surface area contributed by atoms with E-state index in [1.807, 2.05) is 24.3 Å². The Hall–Kier alpha value is -4.73. The minimum atomic E-state index is -0.941. The Bertz CT molecular complexity index is 1860. The number of anilines is 3. The molecule has 1 aliphatic heterocycles. The van der Waals surface area contributed by atoms with Crippen molar-refractivity contribution >= 4 is 52.1 Å². The highest BCUT2D eigenvalue weighted by atomic mass is 35.5. The zero-order valence-corrected chi connectivity index (χ0v) is 26.7. The Labute approximate surface area is 275 Å². The smallest absolute Gasteiger partial charge is 0.327 e. The average Bonchev–Trinajstić information content (AvgIpc) is 3.20. The van der Waals surface area contributed by atoms with Gasteiger partial charge in [0.05, 0.1) is 48.8 Å². The Kier molecular flexibility index (Phi) is 8.80. The lowest BCUT2D eigenvalue weighted by Gasteiger charge is -2.35. The molecule has 2 aliphatic rings. The zero-order chi connectivity index (χ0) is 32.5. The summed E-state index contributed by atoms with van der Waals surface area (Å²) in [6.07, 6.45) is 0.519. The van der Waals surface area contributed by atoms with Gasteiger partial charge in [-0.3, -0.25) is 9.69 Å². The van der Waals surface area contributed by atoms with Gasteiger partial charge in [0.1, 0.15) is 5.82 Å². The molecule has 0 saturated carbocycles. The summed E-state index contributed by atoms with van der Waals surface area (Å²) >= 11 is 12.4. The molecule has 46 heavy (non-hydrogen) atoms. The highest BCUT2D eigenvalue weighted by Crippen LogP contribution is 2.50. The number of urea groups is 1. The molecule has 4 aromatic carbocycles. The fourth-order valence-corrected chi connectivity index (χ4v) is 6.44. The predicted octanol–water partition coefficient (Wildman–Crippen LogP) is 8.76. The number of para-hydroxylation sites is 2. The van der Waals surface area contributed by atoms with Crippen LogP contribution in [0.15, 0.2) is 90.1 Å². The molecular formula is C35H30Cl2FN3O5. The summed E-state index contributed by atoms with van der Waals surface area (Å²) in [5.41, 5.74) is 3.82. The van der Waals surface area contributed by atoms with E-state index in [4.69, 9.17) is 37.4 Å². The number of ether oxygens (including phenoxy) is 3. The van der Waals surface area contributed by atoms with E-state index < -0.39 is 12.1 Å². The van der Waals surface area contributed by atoms with E-state index in [-0.39, 0.29) is 29.0 Å². The summed E-state index contributed by atoms with van der Waals surface area (Å²) in [6.45, 7) is 0. The first-order chi connectivity index (χ1) is 22.2. The number of Topliss-reactive ketones (excluding diaryl/α,β-unsaturated/α-hetero) is 1. The Morgan fingerprint density at radius 1 is 0.870 bits per heavy atom. The normalized spacial score (nSPS) is 17.3. The maximum atomic E-state index is 14.4. The zero-order valence-electron chi connectivity index (χ0n) is 25.2. The van der Waals surface area contributed by atoms with Crippen LogP contribution in [-0.2, 0) is 4.79 Å². The molecule has 2 N–H and O–H groups in total. The van der Waals surface area contributed by atoms with Crippen LogP contribution in [0.2, 0.25) is 10.0 Å². The van der Waals surface area contributed by atoms with E-state index in [0.29, 0.717) is 62.6 Å². The molecule has 0 fully saturated rings. The molecule has 1 aliphatic carbocycles. The molecule has 0 radical (unpaired) electrons. The van der Waals surface area contributed by atoms with Gasteiger partial charge in [0.2, 0.25) is 5.75 Å². The molecule has 11 heteroatoms. The molecule has 0 bridgehead atoms. The summed E-state index contributed by atoms with van der Waals surface area (Å²) in [5, 5.41) is 7.02. The summed E-state index contributed by atoms with van der Waals surface area (Å²) in [6, 6.07) is 20.4. The van der Waals surface area contributed by atoms with Crippen molar-refractivity contribution in [3.8, 4) is 17.2 Å². The van der Waals surface area contributed by atoms with Gasteiger partial charge in [-0.25, -0.2) is 9.18 Å². The van der Waals surface area contributed by atoms with Crippen molar-refractivity contribution in [2.75, 3.05) is 36.9 Å². The molecule has 0 aromatic heterocycles. The predicted molar refractivity (Wildman–Crippen MR) is 177 cm³/mol. The monoisotopic (exact) mass is 661 g/mol. The fraction of sp³-hybridized carbons (Fsp3) is 0.200. The van der Waals surface area contributed by atoms with Crippen LogP contribution in [0.3, 0.4) is 0 Å². The van der Waals surface area contributed by atoms with Gasteiger partial charge in [-0.15, -0.1) is 0 Å². The molecule has 0 saturated heterocycles. The molecule has 236 valence electrons. The second kappa shape index (κ2) is 12.9. The quantitative estimate of drug-likeness (QED) is 0.215. The van der Waals surface area contributed by atoms with Crippen LogP contribution in [0.5, 0.6) is 17.2 Å². The van der Waals surface area contributed by atoms with Crippen molar-refractivity contribution in [3.05, 3.63) is 117 Å². The molecule has 8 nitrogen and oxygen atoms in total. The number of carbonyl (C=O) groups excluding carboxylic acids is 2. The Morgan fingerprint density at radius 2 is 1.61 bits per heavy atom. The first kappa shape index (κ1) is 31.3. The average molecular weight is 663 g/mol. The number of allylic oxidation sites excluding steroid dienone is 1. The number of rotatable bonds is 6. The number of carbonyl (C=O) groups is 2. The van der Waals surface area contributed by atoms with E-state index in [1.54, 1.807) is 42.5 Å². The molecule has 4 aromatic rings. The minimum absolute atomic E-state index is 0.115. The van der Waals surface area contributed by atoms with E-state index in [0.717, 1.165) is 5.56 Å². The highest BCUT2D eigenvalue weighted by molar-refractivity contribution is 6.42. The number of fused-ring (bicyclic) bond motifs is 1. The van der Waals surface area contributed by atoms with E-state index in [9.17, 15) is 14.0 Å². The van der Waals surface area contributed by atoms with Gasteiger partial charge in [-0.05, 0) is 78.1 Å². The fourth-order valence-electron chi connectivity index (χ4n) is 6.14. The van der Waals surface area contributed by atoms with Crippen molar-refractivity contribution in [3.63, 3.8) is 0 Å². The number of nitrogens with zero attached hydrogens (tertiary/aromatic N) is 1. The largest absolute Gasteiger partial charge is 0.493 e. The standard InChI is InChI=1S/C35H30Cl2FN3O5/c1-44-30-16-21(17-31(45-2)34(30)46-3)33-32-27(14-20(15-29(32)42)19-7-6-8-22(38)13-19)40-26-9-4-5-10-28(26)41(33)35(43)39-23-11-12-24(36)25(37)18-23/h4-13,16-18,20,33,40H,14-15H2,1-3H3,(H,39,43)/t20-,33+/m1/s1. The van der Waals surface area contributed by atoms with Crippen molar-refractivity contribution < 1.29 is 28.2 Å². The lowest BCUT2D eigenvalue weighted by molar-refractivity contribution is -0.116. The van der Waals surface area contributed by atoms with Crippen molar-refractivity contribution in [1.29, 1.82) is 0 Å². The SMILES string of the molecule is COc1cc([C@H]2C3=C(C[C@@H](c4cccc(F)c4)CC3=O)Nc3ccccc3N2C(=O)Nc2ccc(Cl)c(Cl)c2)cc(OC)c1OC. The van der Waals surface area contributed by atoms with E-state index in [1.165, 1.54) is 38.4 Å². The molecule has 1 heterocycles. The third kappa shape index (κ3) is 5.84. The van der Waals surface area contributed by atoms with Crippen molar-refractivity contribution in [1.82, 2.24) is 0 Å². The number of methoxy groups -OCH3 is 3. The van der Waals surface area contributed by atoms with Gasteiger partial charge in [0, 0.05) is 23.4 Å². The number of ketones is 1. The van der Waals surface area contributed by atoms with Gasteiger partial charge in [-0.1, -0.05) is 47.5 Å². The third-order valence-corrected chi connectivity index (χ3v) is 8.94. The summed E-state index contributed by atoms with van der Waals surface area (Å²) in [7, 11) is 4.50. The van der Waals surface area contributed by atoms with E-state index in [2.05, 4.69) is 10.6 Å². The van der Waals surface area contributed by atoms with Crippen LogP contribution in [0.25, 0.3) is 0 Å². The van der Waals surface area contributed by atoms with Gasteiger partial charge in [0.15, 0.2) is 17.3 Å². The van der Waals surface area contributed by atoms with Crippen LogP contribution < -0.4 is 29.7 Å². The van der Waals surface area contributed by atoms with Gasteiger partial charge < -0.3 is 24.8 Å². The maximum absolute atomic E-state index is 14.4. The Balaban J connectivity index is 1.57. The number of hydrogen-bond donors (Lipinski definition) is 2. The number of nitrogens with one attached hydrogen (secondary N) is 2.